The lowest BCUT2D eigenvalue weighted by Gasteiger charge is -2.21. The minimum atomic E-state index is 0.0904. The zero-order valence-corrected chi connectivity index (χ0v) is 14.8. The van der Waals surface area contributed by atoms with Gasteiger partial charge in [-0.2, -0.15) is 0 Å². The topological polar surface area (TPSA) is 21.3 Å². The predicted molar refractivity (Wildman–Crippen MR) is 92.4 cm³/mol. The van der Waals surface area contributed by atoms with Crippen molar-refractivity contribution >= 4 is 27.5 Å². The van der Waals surface area contributed by atoms with Crippen molar-refractivity contribution < 1.29 is 4.74 Å². The summed E-state index contributed by atoms with van der Waals surface area (Å²) in [5.41, 5.74) is 3.56. The van der Waals surface area contributed by atoms with Crippen LogP contribution in [0.4, 0.5) is 0 Å². The van der Waals surface area contributed by atoms with E-state index < -0.39 is 0 Å². The fourth-order valence-electron chi connectivity index (χ4n) is 2.36. The molecular formula is C17H19BrClNO. The zero-order valence-electron chi connectivity index (χ0n) is 12.4. The van der Waals surface area contributed by atoms with Crippen molar-refractivity contribution in [2.24, 2.45) is 0 Å². The summed E-state index contributed by atoms with van der Waals surface area (Å²) in [6, 6.07) is 12.4. The van der Waals surface area contributed by atoms with Crippen LogP contribution in [0.3, 0.4) is 0 Å². The van der Waals surface area contributed by atoms with Crippen molar-refractivity contribution in [1.82, 2.24) is 5.32 Å². The Kier molecular flexibility index (Phi) is 5.68. The SMILES string of the molecule is CCNC(c1ccc(OC)c(Cl)c1)c1cc(C)ccc1Br. The van der Waals surface area contributed by atoms with Gasteiger partial charge in [-0.3, -0.25) is 0 Å². The number of halogens is 2. The van der Waals surface area contributed by atoms with Crippen molar-refractivity contribution in [2.45, 2.75) is 19.9 Å². The number of benzene rings is 2. The first-order valence-corrected chi connectivity index (χ1v) is 8.06. The number of rotatable bonds is 5. The highest BCUT2D eigenvalue weighted by molar-refractivity contribution is 9.10. The summed E-state index contributed by atoms with van der Waals surface area (Å²) >= 11 is 9.92. The fraction of sp³-hybridized carbons (Fsp3) is 0.294. The van der Waals surface area contributed by atoms with E-state index in [2.05, 4.69) is 53.3 Å². The third-order valence-corrected chi connectivity index (χ3v) is 4.40. The Morgan fingerprint density at radius 1 is 1.24 bits per heavy atom. The monoisotopic (exact) mass is 367 g/mol. The van der Waals surface area contributed by atoms with Gasteiger partial charge in [0.25, 0.3) is 0 Å². The van der Waals surface area contributed by atoms with E-state index in [4.69, 9.17) is 16.3 Å². The van der Waals surface area contributed by atoms with E-state index in [0.29, 0.717) is 10.8 Å². The summed E-state index contributed by atoms with van der Waals surface area (Å²) < 4.78 is 6.32. The van der Waals surface area contributed by atoms with Gasteiger partial charge in [-0.1, -0.05) is 58.2 Å². The van der Waals surface area contributed by atoms with Crippen LogP contribution in [0.2, 0.25) is 5.02 Å². The Morgan fingerprint density at radius 3 is 2.62 bits per heavy atom. The van der Waals surface area contributed by atoms with Gasteiger partial charge in [0.1, 0.15) is 5.75 Å². The molecule has 0 aliphatic rings. The van der Waals surface area contributed by atoms with Gasteiger partial charge in [0, 0.05) is 4.47 Å². The molecule has 0 bridgehead atoms. The molecule has 1 atom stereocenters. The quantitative estimate of drug-likeness (QED) is 0.791. The van der Waals surface area contributed by atoms with Gasteiger partial charge >= 0.3 is 0 Å². The molecule has 0 spiro atoms. The summed E-state index contributed by atoms with van der Waals surface area (Å²) in [4.78, 5) is 0. The molecule has 0 aromatic heterocycles. The van der Waals surface area contributed by atoms with E-state index >= 15 is 0 Å². The second-order valence-electron chi connectivity index (χ2n) is 4.91. The smallest absolute Gasteiger partial charge is 0.137 e. The molecule has 0 aliphatic heterocycles. The molecule has 2 aromatic rings. The van der Waals surface area contributed by atoms with Crippen LogP contribution in [0.15, 0.2) is 40.9 Å². The molecule has 4 heteroatoms. The predicted octanol–water partition coefficient (Wildman–Crippen LogP) is 5.12. The number of hydrogen-bond acceptors (Lipinski definition) is 2. The van der Waals surface area contributed by atoms with E-state index in [0.717, 1.165) is 16.6 Å². The number of nitrogens with one attached hydrogen (secondary N) is 1. The molecular weight excluding hydrogens is 350 g/mol. The summed E-state index contributed by atoms with van der Waals surface area (Å²) in [6.45, 7) is 5.07. The Balaban J connectivity index is 2.48. The van der Waals surface area contributed by atoms with Crippen LogP contribution in [0.5, 0.6) is 5.75 Å². The Bertz CT molecular complexity index is 630. The molecule has 0 fully saturated rings. The third kappa shape index (κ3) is 3.79. The van der Waals surface area contributed by atoms with Crippen LogP contribution in [0.1, 0.15) is 29.7 Å². The molecule has 1 N–H and O–H groups in total. The van der Waals surface area contributed by atoms with Crippen LogP contribution < -0.4 is 10.1 Å². The molecule has 0 saturated carbocycles. The average Bonchev–Trinajstić information content (AvgIpc) is 2.47. The summed E-state index contributed by atoms with van der Waals surface area (Å²) in [6.07, 6.45) is 0. The lowest BCUT2D eigenvalue weighted by molar-refractivity contribution is 0.414. The first-order chi connectivity index (χ1) is 10.1. The van der Waals surface area contributed by atoms with E-state index in [1.807, 2.05) is 18.2 Å². The largest absolute Gasteiger partial charge is 0.495 e. The summed E-state index contributed by atoms with van der Waals surface area (Å²) in [7, 11) is 1.62. The lowest BCUT2D eigenvalue weighted by Crippen LogP contribution is -2.22. The van der Waals surface area contributed by atoms with Crippen LogP contribution in [-0.2, 0) is 0 Å². The highest BCUT2D eigenvalue weighted by Crippen LogP contribution is 2.33. The second-order valence-corrected chi connectivity index (χ2v) is 6.17. The molecule has 2 nitrogen and oxygen atoms in total. The average molecular weight is 369 g/mol. The maximum absolute atomic E-state index is 6.27. The van der Waals surface area contributed by atoms with E-state index in [1.165, 1.54) is 11.1 Å². The molecule has 0 aliphatic carbocycles. The maximum Gasteiger partial charge on any atom is 0.137 e. The van der Waals surface area contributed by atoms with Crippen LogP contribution in [0, 0.1) is 6.92 Å². The van der Waals surface area contributed by atoms with E-state index in [1.54, 1.807) is 7.11 Å². The minimum Gasteiger partial charge on any atom is -0.495 e. The van der Waals surface area contributed by atoms with Crippen LogP contribution >= 0.6 is 27.5 Å². The lowest BCUT2D eigenvalue weighted by atomic mass is 9.97. The molecule has 0 radical (unpaired) electrons. The van der Waals surface area contributed by atoms with E-state index in [9.17, 15) is 0 Å². The Labute approximate surface area is 139 Å². The molecule has 2 aromatic carbocycles. The van der Waals surface area contributed by atoms with Crippen molar-refractivity contribution in [3.63, 3.8) is 0 Å². The first-order valence-electron chi connectivity index (χ1n) is 6.89. The Morgan fingerprint density at radius 2 is 2.00 bits per heavy atom. The number of methoxy groups -OCH3 is 1. The molecule has 1 unspecified atom stereocenters. The Hall–Kier alpha value is -1.03. The van der Waals surface area contributed by atoms with E-state index in [-0.39, 0.29) is 6.04 Å². The van der Waals surface area contributed by atoms with Crippen LogP contribution in [-0.4, -0.2) is 13.7 Å². The van der Waals surface area contributed by atoms with Gasteiger partial charge < -0.3 is 10.1 Å². The van der Waals surface area contributed by atoms with Crippen LogP contribution in [0.25, 0.3) is 0 Å². The maximum atomic E-state index is 6.27. The summed E-state index contributed by atoms with van der Waals surface area (Å²) in [5.74, 6) is 0.693. The van der Waals surface area contributed by atoms with Gasteiger partial charge in [-0.15, -0.1) is 0 Å². The molecule has 0 saturated heterocycles. The molecule has 21 heavy (non-hydrogen) atoms. The van der Waals surface area contributed by atoms with Crippen molar-refractivity contribution in [2.75, 3.05) is 13.7 Å². The van der Waals surface area contributed by atoms with Gasteiger partial charge in [-0.05, 0) is 42.8 Å². The molecule has 0 heterocycles. The number of hydrogen-bond donors (Lipinski definition) is 1. The standard InChI is InChI=1S/C17H19BrClNO/c1-4-20-17(13-9-11(2)5-7-14(13)18)12-6-8-16(21-3)15(19)10-12/h5-10,17,20H,4H2,1-3H3. The number of aryl methyl sites for hydroxylation is 1. The van der Waals surface area contributed by atoms with Gasteiger partial charge in [0.2, 0.25) is 0 Å². The van der Waals surface area contributed by atoms with Gasteiger partial charge in [0.05, 0.1) is 18.2 Å². The van der Waals surface area contributed by atoms with Gasteiger partial charge in [0.15, 0.2) is 0 Å². The molecule has 0 amide bonds. The fourth-order valence-corrected chi connectivity index (χ4v) is 3.10. The highest BCUT2D eigenvalue weighted by Gasteiger charge is 2.17. The van der Waals surface area contributed by atoms with Gasteiger partial charge in [-0.25, -0.2) is 0 Å². The molecule has 2 rings (SSSR count). The first kappa shape index (κ1) is 16.3. The highest BCUT2D eigenvalue weighted by atomic mass is 79.9. The second kappa shape index (κ2) is 7.30. The third-order valence-electron chi connectivity index (χ3n) is 3.38. The minimum absolute atomic E-state index is 0.0904. The van der Waals surface area contributed by atoms with Crippen molar-refractivity contribution in [1.29, 1.82) is 0 Å². The summed E-state index contributed by atoms with van der Waals surface area (Å²) in [5, 5.41) is 4.15. The normalized spacial score (nSPS) is 12.2. The molecule has 112 valence electrons. The zero-order chi connectivity index (χ0) is 15.4. The van der Waals surface area contributed by atoms with Crippen molar-refractivity contribution in [3.8, 4) is 5.75 Å². The number of ether oxygens (including phenoxy) is 1. The van der Waals surface area contributed by atoms with Crippen molar-refractivity contribution in [3.05, 3.63) is 62.6 Å².